The largest absolute Gasteiger partial charge is 1.00 e. The summed E-state index contributed by atoms with van der Waals surface area (Å²) in [4.78, 5) is 11.4. The molecule has 0 radical (unpaired) electrons. The second-order valence-electron chi connectivity index (χ2n) is 7.20. The van der Waals surface area contributed by atoms with Gasteiger partial charge in [-0.05, 0) is 38.5 Å². The highest BCUT2D eigenvalue weighted by atomic mass is 35.5. The van der Waals surface area contributed by atoms with Crippen LogP contribution in [-0.2, 0) is 9.53 Å². The summed E-state index contributed by atoms with van der Waals surface area (Å²) in [7, 11) is 0. The molecule has 5 heteroatoms. The quantitative estimate of drug-likeness (QED) is 0.173. The van der Waals surface area contributed by atoms with Gasteiger partial charge in [-0.25, -0.2) is 0 Å². The van der Waals surface area contributed by atoms with Gasteiger partial charge in [-0.15, -0.1) is 11.6 Å². The van der Waals surface area contributed by atoms with Crippen LogP contribution < -0.4 is 12.4 Å². The van der Waals surface area contributed by atoms with Gasteiger partial charge in [0, 0.05) is 6.92 Å². The van der Waals surface area contributed by atoms with Gasteiger partial charge in [0.2, 0.25) is 0 Å². The number of carbonyl (C=O) groups excluding carboxylic acids is 1. The van der Waals surface area contributed by atoms with E-state index in [9.17, 15) is 4.79 Å². The molecule has 0 rings (SSSR count). The molecule has 3 nitrogen and oxygen atoms in total. The summed E-state index contributed by atoms with van der Waals surface area (Å²) in [5.41, 5.74) is 0. The van der Waals surface area contributed by atoms with Gasteiger partial charge in [0.05, 0.1) is 25.5 Å². The highest BCUT2D eigenvalue weighted by Crippen LogP contribution is 2.19. The minimum Gasteiger partial charge on any atom is -1.00 e. The number of carbonyl (C=O) groups is 1. The lowest BCUT2D eigenvalue weighted by Gasteiger charge is -2.41. The number of quaternary nitrogens is 1. The molecule has 0 heterocycles. The molecule has 0 aromatic rings. The number of halogens is 2. The Labute approximate surface area is 167 Å². The van der Waals surface area contributed by atoms with E-state index in [0.717, 1.165) is 11.0 Å². The predicted molar refractivity (Wildman–Crippen MR) is 105 cm³/mol. The average molecular weight is 398 g/mol. The van der Waals surface area contributed by atoms with E-state index in [1.807, 2.05) is 0 Å². The van der Waals surface area contributed by atoms with E-state index >= 15 is 0 Å². The van der Waals surface area contributed by atoms with Crippen LogP contribution in [0.5, 0.6) is 0 Å². The van der Waals surface area contributed by atoms with Gasteiger partial charge in [0.15, 0.2) is 6.10 Å². The Morgan fingerprint density at radius 3 is 1.56 bits per heavy atom. The summed E-state index contributed by atoms with van der Waals surface area (Å²) in [5, 5.41) is 0. The van der Waals surface area contributed by atoms with Crippen molar-refractivity contribution in [3.05, 3.63) is 0 Å². The minimum atomic E-state index is -0.213. The fourth-order valence-corrected chi connectivity index (χ4v) is 3.65. The van der Waals surface area contributed by atoms with Crippen LogP contribution in [0.2, 0.25) is 0 Å². The van der Waals surface area contributed by atoms with E-state index in [0.29, 0.717) is 5.88 Å². The molecule has 1 unspecified atom stereocenters. The first-order valence-electron chi connectivity index (χ1n) is 10.1. The fraction of sp³-hybridized carbons (Fsp3) is 0.950. The van der Waals surface area contributed by atoms with Crippen molar-refractivity contribution in [3.63, 3.8) is 0 Å². The van der Waals surface area contributed by atoms with Crippen molar-refractivity contribution in [1.29, 1.82) is 0 Å². The van der Waals surface area contributed by atoms with Crippen LogP contribution in [0.1, 0.15) is 85.5 Å². The van der Waals surface area contributed by atoms with Gasteiger partial charge in [0.25, 0.3) is 0 Å². The normalized spacial score (nSPS) is 12.5. The second kappa shape index (κ2) is 17.4. The molecule has 0 bridgehead atoms. The van der Waals surface area contributed by atoms with Crippen molar-refractivity contribution < 1.29 is 26.4 Å². The molecule has 0 amide bonds. The molecule has 1 atom stereocenters. The summed E-state index contributed by atoms with van der Waals surface area (Å²) in [6.45, 7) is 12.7. The Kier molecular flexibility index (Phi) is 19.0. The van der Waals surface area contributed by atoms with E-state index < -0.39 is 0 Å². The van der Waals surface area contributed by atoms with Crippen LogP contribution >= 0.6 is 11.6 Å². The van der Waals surface area contributed by atoms with E-state index in [1.54, 1.807) is 0 Å². The van der Waals surface area contributed by atoms with Crippen LogP contribution in [0.15, 0.2) is 0 Å². The summed E-state index contributed by atoms with van der Waals surface area (Å²) in [6.07, 6.45) is 11.2. The number of alkyl halides is 1. The number of unbranched alkanes of at least 4 members (excludes halogenated alkanes) is 6. The van der Waals surface area contributed by atoms with Crippen LogP contribution in [0, 0.1) is 0 Å². The molecule has 0 aliphatic rings. The van der Waals surface area contributed by atoms with Gasteiger partial charge in [0.1, 0.15) is 6.54 Å². The Bertz CT molecular complexity index is 288. The van der Waals surface area contributed by atoms with E-state index in [-0.39, 0.29) is 24.5 Å². The van der Waals surface area contributed by atoms with E-state index in [4.69, 9.17) is 16.3 Å². The van der Waals surface area contributed by atoms with Crippen molar-refractivity contribution in [2.45, 2.75) is 91.6 Å². The zero-order chi connectivity index (χ0) is 18.3. The number of nitrogens with zero attached hydrogens (tertiary/aromatic N) is 1. The zero-order valence-corrected chi connectivity index (χ0v) is 18.5. The molecule has 0 saturated carbocycles. The van der Waals surface area contributed by atoms with Crippen LogP contribution in [0.4, 0.5) is 0 Å². The zero-order valence-electron chi connectivity index (χ0n) is 17.0. The van der Waals surface area contributed by atoms with Gasteiger partial charge in [-0.3, -0.25) is 4.79 Å². The topological polar surface area (TPSA) is 26.3 Å². The first-order chi connectivity index (χ1) is 11.5. The lowest BCUT2D eigenvalue weighted by molar-refractivity contribution is -0.931. The van der Waals surface area contributed by atoms with Gasteiger partial charge in [-0.1, -0.05) is 40.0 Å². The minimum absolute atomic E-state index is 0. The number of rotatable bonds is 16. The maximum Gasteiger partial charge on any atom is 0.303 e. The Morgan fingerprint density at radius 1 is 0.880 bits per heavy atom. The summed E-state index contributed by atoms with van der Waals surface area (Å²) in [6, 6.07) is 0. The van der Waals surface area contributed by atoms with Gasteiger partial charge < -0.3 is 21.6 Å². The van der Waals surface area contributed by atoms with Crippen LogP contribution in [0.25, 0.3) is 0 Å². The predicted octanol–water partition coefficient (Wildman–Crippen LogP) is 2.55. The lowest BCUT2D eigenvalue weighted by Crippen LogP contribution is -3.00. The highest BCUT2D eigenvalue weighted by molar-refractivity contribution is 6.18. The van der Waals surface area contributed by atoms with Crippen molar-refractivity contribution in [3.8, 4) is 0 Å². The number of hydrogen-bond donors (Lipinski definition) is 0. The Hall–Kier alpha value is 0.01000. The molecule has 0 spiro atoms. The molecular formula is C20H41Cl2NO2. The van der Waals surface area contributed by atoms with E-state index in [1.165, 1.54) is 84.3 Å². The molecule has 0 aliphatic carbocycles. The maximum absolute atomic E-state index is 11.4. The van der Waals surface area contributed by atoms with Crippen LogP contribution in [0.3, 0.4) is 0 Å². The van der Waals surface area contributed by atoms with Gasteiger partial charge in [-0.2, -0.15) is 0 Å². The third-order valence-corrected chi connectivity index (χ3v) is 5.15. The second-order valence-corrected chi connectivity index (χ2v) is 7.51. The molecule has 0 fully saturated rings. The number of hydrogen-bond acceptors (Lipinski definition) is 2. The third-order valence-electron chi connectivity index (χ3n) is 4.80. The monoisotopic (exact) mass is 397 g/mol. The summed E-state index contributed by atoms with van der Waals surface area (Å²) >= 11 is 6.11. The number of ether oxygens (including phenoxy) is 1. The van der Waals surface area contributed by atoms with Crippen molar-refractivity contribution in [2.75, 3.05) is 32.1 Å². The standard InChI is InChI=1S/C20H41ClNO2.ClH/c1-5-8-11-14-22(15-12-9-6-2,16-13-10-7-3)18-20(17-21)24-19(4)23;/h20H,5-18H2,1-4H3;1H/q+1;/p-1. The van der Waals surface area contributed by atoms with Crippen molar-refractivity contribution in [2.24, 2.45) is 0 Å². The smallest absolute Gasteiger partial charge is 0.303 e. The van der Waals surface area contributed by atoms with E-state index in [2.05, 4.69) is 20.8 Å². The maximum atomic E-state index is 11.4. The number of esters is 1. The van der Waals surface area contributed by atoms with Crippen molar-refractivity contribution >= 4 is 17.6 Å². The third kappa shape index (κ3) is 13.8. The Balaban J connectivity index is 0. The molecule has 0 aromatic heterocycles. The SMILES string of the molecule is CCCCC[N+](CCCCC)(CCCCC)CC(CCl)OC(C)=O.[Cl-]. The first kappa shape index (κ1) is 27.2. The molecular weight excluding hydrogens is 357 g/mol. The summed E-state index contributed by atoms with van der Waals surface area (Å²) in [5.74, 6) is 0.184. The molecule has 152 valence electrons. The highest BCUT2D eigenvalue weighted by Gasteiger charge is 2.31. The molecule has 0 aliphatic heterocycles. The van der Waals surface area contributed by atoms with Crippen LogP contribution in [-0.4, -0.2) is 48.6 Å². The molecule has 0 saturated heterocycles. The lowest BCUT2D eigenvalue weighted by atomic mass is 10.1. The Morgan fingerprint density at radius 2 is 1.28 bits per heavy atom. The molecule has 0 N–H and O–H groups in total. The van der Waals surface area contributed by atoms with Crippen molar-refractivity contribution in [1.82, 2.24) is 0 Å². The molecule has 0 aromatic carbocycles. The van der Waals surface area contributed by atoms with Gasteiger partial charge >= 0.3 is 5.97 Å². The average Bonchev–Trinajstić information content (AvgIpc) is 2.54. The molecule has 25 heavy (non-hydrogen) atoms. The fourth-order valence-electron chi connectivity index (χ4n) is 3.49. The first-order valence-corrected chi connectivity index (χ1v) is 10.6. The summed E-state index contributed by atoms with van der Waals surface area (Å²) < 4.78 is 6.56.